The molecule has 0 aliphatic carbocycles. The number of rotatable bonds is 5. The average Bonchev–Trinajstić information content (AvgIpc) is 2.43. The summed E-state index contributed by atoms with van der Waals surface area (Å²) in [7, 11) is 0. The SMILES string of the molecule is NCCCn1c(=O)ccn(Cc2ccncc2)c1=O. The van der Waals surface area contributed by atoms with E-state index in [9.17, 15) is 9.59 Å². The van der Waals surface area contributed by atoms with Gasteiger partial charge >= 0.3 is 5.69 Å². The second-order valence-corrected chi connectivity index (χ2v) is 4.21. The van der Waals surface area contributed by atoms with Crippen LogP contribution in [0.1, 0.15) is 12.0 Å². The molecule has 0 fully saturated rings. The Labute approximate surface area is 110 Å². The van der Waals surface area contributed by atoms with Crippen molar-refractivity contribution in [2.45, 2.75) is 19.5 Å². The Morgan fingerprint density at radius 1 is 1.16 bits per heavy atom. The molecular formula is C13H16N4O2. The van der Waals surface area contributed by atoms with Crippen molar-refractivity contribution < 1.29 is 0 Å². The third-order valence-electron chi connectivity index (χ3n) is 2.83. The molecule has 0 amide bonds. The summed E-state index contributed by atoms with van der Waals surface area (Å²) in [6.07, 6.45) is 5.47. The predicted molar refractivity (Wildman–Crippen MR) is 72.0 cm³/mol. The van der Waals surface area contributed by atoms with Gasteiger partial charge in [0.25, 0.3) is 5.56 Å². The number of nitrogens with two attached hydrogens (primary N) is 1. The summed E-state index contributed by atoms with van der Waals surface area (Å²) < 4.78 is 2.72. The summed E-state index contributed by atoms with van der Waals surface area (Å²) in [5, 5.41) is 0. The lowest BCUT2D eigenvalue weighted by Gasteiger charge is -2.09. The fourth-order valence-electron chi connectivity index (χ4n) is 1.82. The molecule has 0 spiro atoms. The van der Waals surface area contributed by atoms with Crippen molar-refractivity contribution in [2.75, 3.05) is 6.54 Å². The van der Waals surface area contributed by atoms with Crippen LogP contribution in [-0.2, 0) is 13.1 Å². The molecule has 6 nitrogen and oxygen atoms in total. The molecule has 19 heavy (non-hydrogen) atoms. The molecule has 2 N–H and O–H groups in total. The van der Waals surface area contributed by atoms with E-state index in [-0.39, 0.29) is 11.2 Å². The van der Waals surface area contributed by atoms with E-state index in [2.05, 4.69) is 4.98 Å². The largest absolute Gasteiger partial charge is 0.331 e. The molecule has 0 unspecified atom stereocenters. The van der Waals surface area contributed by atoms with E-state index in [1.807, 2.05) is 12.1 Å². The zero-order valence-corrected chi connectivity index (χ0v) is 10.5. The number of hydrogen-bond donors (Lipinski definition) is 1. The maximum atomic E-state index is 12.2. The Bertz CT molecular complexity index is 646. The first-order valence-electron chi connectivity index (χ1n) is 6.11. The van der Waals surface area contributed by atoms with Crippen molar-refractivity contribution >= 4 is 0 Å². The van der Waals surface area contributed by atoms with Crippen LogP contribution >= 0.6 is 0 Å². The maximum absolute atomic E-state index is 12.2. The van der Waals surface area contributed by atoms with Crippen molar-refractivity contribution in [2.24, 2.45) is 5.73 Å². The van der Waals surface area contributed by atoms with Gasteiger partial charge in [-0.3, -0.25) is 18.9 Å². The van der Waals surface area contributed by atoms with Gasteiger partial charge in [-0.05, 0) is 30.7 Å². The highest BCUT2D eigenvalue weighted by Gasteiger charge is 2.05. The highest BCUT2D eigenvalue weighted by atomic mass is 16.2. The summed E-state index contributed by atoms with van der Waals surface area (Å²) in [6, 6.07) is 5.07. The maximum Gasteiger partial charge on any atom is 0.331 e. The highest BCUT2D eigenvalue weighted by Crippen LogP contribution is 1.97. The van der Waals surface area contributed by atoms with Gasteiger partial charge in [0.2, 0.25) is 0 Å². The lowest BCUT2D eigenvalue weighted by Crippen LogP contribution is -2.39. The van der Waals surface area contributed by atoms with Crippen LogP contribution in [-0.4, -0.2) is 20.7 Å². The molecular weight excluding hydrogens is 244 g/mol. The van der Waals surface area contributed by atoms with Crippen molar-refractivity contribution in [1.29, 1.82) is 0 Å². The Kier molecular flexibility index (Phi) is 4.25. The first-order chi connectivity index (χ1) is 9.22. The minimum Gasteiger partial charge on any atom is -0.330 e. The summed E-state index contributed by atoms with van der Waals surface area (Å²) in [5.74, 6) is 0. The molecule has 6 heteroatoms. The van der Waals surface area contributed by atoms with E-state index in [1.54, 1.807) is 12.4 Å². The standard InChI is InChI=1S/C13H16N4O2/c14-5-1-8-17-12(18)4-9-16(13(17)19)10-11-2-6-15-7-3-11/h2-4,6-7,9H,1,5,8,10,14H2. The molecule has 0 saturated heterocycles. The van der Waals surface area contributed by atoms with Gasteiger partial charge in [-0.15, -0.1) is 0 Å². The highest BCUT2D eigenvalue weighted by molar-refractivity contribution is 5.10. The van der Waals surface area contributed by atoms with Crippen LogP contribution in [0.15, 0.2) is 46.4 Å². The van der Waals surface area contributed by atoms with Crippen LogP contribution in [0.4, 0.5) is 0 Å². The van der Waals surface area contributed by atoms with Gasteiger partial charge in [0.15, 0.2) is 0 Å². The molecule has 2 aromatic rings. The molecule has 0 saturated carbocycles. The third-order valence-corrected chi connectivity index (χ3v) is 2.83. The number of aromatic nitrogens is 3. The van der Waals surface area contributed by atoms with Crippen LogP contribution in [0.2, 0.25) is 0 Å². The summed E-state index contributed by atoms with van der Waals surface area (Å²) in [6.45, 7) is 1.22. The minimum atomic E-state index is -0.308. The predicted octanol–water partition coefficient (Wildman–Crippen LogP) is -0.198. The second-order valence-electron chi connectivity index (χ2n) is 4.21. The van der Waals surface area contributed by atoms with Crippen molar-refractivity contribution in [3.63, 3.8) is 0 Å². The van der Waals surface area contributed by atoms with Crippen LogP contribution in [0.3, 0.4) is 0 Å². The van der Waals surface area contributed by atoms with E-state index in [0.717, 1.165) is 5.56 Å². The van der Waals surface area contributed by atoms with Crippen LogP contribution in [0.5, 0.6) is 0 Å². The van der Waals surface area contributed by atoms with E-state index in [1.165, 1.54) is 21.4 Å². The van der Waals surface area contributed by atoms with Crippen LogP contribution < -0.4 is 17.0 Å². The zero-order valence-electron chi connectivity index (χ0n) is 10.5. The fraction of sp³-hybridized carbons (Fsp3) is 0.308. The normalized spacial score (nSPS) is 10.6. The van der Waals surface area contributed by atoms with Gasteiger partial charge in [-0.1, -0.05) is 0 Å². The van der Waals surface area contributed by atoms with Gasteiger partial charge < -0.3 is 5.73 Å². The van der Waals surface area contributed by atoms with Gasteiger partial charge in [-0.25, -0.2) is 4.79 Å². The van der Waals surface area contributed by atoms with E-state index < -0.39 is 0 Å². The molecule has 0 aliphatic rings. The third kappa shape index (κ3) is 3.17. The molecule has 2 heterocycles. The number of pyridine rings is 1. The van der Waals surface area contributed by atoms with Crippen molar-refractivity contribution in [3.05, 3.63) is 63.2 Å². The van der Waals surface area contributed by atoms with E-state index >= 15 is 0 Å². The van der Waals surface area contributed by atoms with Crippen LogP contribution in [0, 0.1) is 0 Å². The first kappa shape index (κ1) is 13.2. The van der Waals surface area contributed by atoms with Gasteiger partial charge in [0.05, 0.1) is 6.54 Å². The fourth-order valence-corrected chi connectivity index (χ4v) is 1.82. The monoisotopic (exact) mass is 260 g/mol. The zero-order chi connectivity index (χ0) is 13.7. The lowest BCUT2D eigenvalue weighted by atomic mass is 10.3. The van der Waals surface area contributed by atoms with E-state index in [4.69, 9.17) is 5.73 Å². The average molecular weight is 260 g/mol. The summed E-state index contributed by atoms with van der Waals surface area (Å²) in [4.78, 5) is 27.7. The summed E-state index contributed by atoms with van der Waals surface area (Å²) >= 11 is 0. The molecule has 100 valence electrons. The van der Waals surface area contributed by atoms with E-state index in [0.29, 0.717) is 26.1 Å². The van der Waals surface area contributed by atoms with Gasteiger partial charge in [0, 0.05) is 31.2 Å². The molecule has 0 atom stereocenters. The van der Waals surface area contributed by atoms with Crippen molar-refractivity contribution in [3.8, 4) is 0 Å². The molecule has 2 rings (SSSR count). The molecule has 0 bridgehead atoms. The smallest absolute Gasteiger partial charge is 0.330 e. The minimum absolute atomic E-state index is 0.288. The van der Waals surface area contributed by atoms with Gasteiger partial charge in [-0.2, -0.15) is 0 Å². The Hall–Kier alpha value is -2.21. The van der Waals surface area contributed by atoms with Crippen molar-refractivity contribution in [1.82, 2.24) is 14.1 Å². The topological polar surface area (TPSA) is 82.9 Å². The van der Waals surface area contributed by atoms with Crippen LogP contribution in [0.25, 0.3) is 0 Å². The lowest BCUT2D eigenvalue weighted by molar-refractivity contribution is 0.554. The van der Waals surface area contributed by atoms with Gasteiger partial charge in [0.1, 0.15) is 0 Å². The Balaban J connectivity index is 2.32. The molecule has 0 aromatic carbocycles. The Morgan fingerprint density at radius 2 is 1.89 bits per heavy atom. The molecule has 0 aliphatic heterocycles. The Morgan fingerprint density at radius 3 is 2.58 bits per heavy atom. The molecule has 0 radical (unpaired) electrons. The molecule has 2 aromatic heterocycles. The quantitative estimate of drug-likeness (QED) is 0.807. The number of hydrogen-bond acceptors (Lipinski definition) is 4. The number of nitrogens with zero attached hydrogens (tertiary/aromatic N) is 3. The second kappa shape index (κ2) is 6.10. The summed E-state index contributed by atoms with van der Waals surface area (Å²) in [5.41, 5.74) is 5.77. The first-order valence-corrected chi connectivity index (χ1v) is 6.11.